The van der Waals surface area contributed by atoms with Crippen LogP contribution >= 0.6 is 11.3 Å². The number of amides is 2. The lowest BCUT2D eigenvalue weighted by Gasteiger charge is -2.07. The van der Waals surface area contributed by atoms with Crippen LogP contribution in [0.2, 0.25) is 0 Å². The lowest BCUT2D eigenvalue weighted by atomic mass is 10.1. The second-order valence-corrected chi connectivity index (χ2v) is 6.89. The third kappa shape index (κ3) is 7.41. The molecule has 0 aliphatic rings. The van der Waals surface area contributed by atoms with E-state index in [0.29, 0.717) is 24.2 Å². The zero-order valence-electron chi connectivity index (χ0n) is 14.9. The Morgan fingerprint density at radius 2 is 1.81 bits per heavy atom. The predicted octanol–water partition coefficient (Wildman–Crippen LogP) is 3.02. The van der Waals surface area contributed by atoms with Crippen molar-refractivity contribution in [2.45, 2.75) is 32.6 Å². The van der Waals surface area contributed by atoms with Crippen LogP contribution in [0.3, 0.4) is 0 Å². The van der Waals surface area contributed by atoms with Crippen molar-refractivity contribution in [2.24, 2.45) is 5.10 Å². The van der Waals surface area contributed by atoms with E-state index in [1.807, 2.05) is 17.5 Å². The number of anilines is 1. The Morgan fingerprint density at radius 1 is 1.07 bits per heavy atom. The molecule has 2 amide bonds. The zero-order valence-corrected chi connectivity index (χ0v) is 15.7. The van der Waals surface area contributed by atoms with Crippen molar-refractivity contribution in [2.75, 3.05) is 5.32 Å². The van der Waals surface area contributed by atoms with E-state index in [9.17, 15) is 14.4 Å². The topological polar surface area (TPSA) is 108 Å². The van der Waals surface area contributed by atoms with E-state index < -0.39 is 5.97 Å². The molecule has 27 heavy (non-hydrogen) atoms. The molecule has 3 N–H and O–H groups in total. The van der Waals surface area contributed by atoms with Crippen LogP contribution in [0, 0.1) is 0 Å². The summed E-state index contributed by atoms with van der Waals surface area (Å²) in [5.41, 5.74) is 4.62. The number of nitrogens with zero attached hydrogens (tertiary/aromatic N) is 1. The summed E-state index contributed by atoms with van der Waals surface area (Å²) in [4.78, 5) is 35.0. The van der Waals surface area contributed by atoms with Gasteiger partial charge < -0.3 is 10.4 Å². The van der Waals surface area contributed by atoms with Gasteiger partial charge in [0.25, 0.3) is 0 Å². The van der Waals surface area contributed by atoms with Crippen molar-refractivity contribution in [1.29, 1.82) is 0 Å². The Bertz CT molecular complexity index is 814. The van der Waals surface area contributed by atoms with Gasteiger partial charge in [-0.25, -0.2) is 5.43 Å². The molecule has 1 aromatic carbocycles. The number of carboxylic acids is 1. The molecule has 0 aliphatic heterocycles. The van der Waals surface area contributed by atoms with Gasteiger partial charge >= 0.3 is 5.97 Å². The van der Waals surface area contributed by atoms with Crippen LogP contribution < -0.4 is 10.7 Å². The van der Waals surface area contributed by atoms with E-state index in [1.165, 1.54) is 11.3 Å². The fourth-order valence-electron chi connectivity index (χ4n) is 2.24. The summed E-state index contributed by atoms with van der Waals surface area (Å²) in [6, 6.07) is 10.8. The van der Waals surface area contributed by atoms with Gasteiger partial charge in [0.1, 0.15) is 0 Å². The molecule has 0 saturated heterocycles. The normalized spacial score (nSPS) is 11.1. The van der Waals surface area contributed by atoms with E-state index in [0.717, 1.165) is 10.4 Å². The lowest BCUT2D eigenvalue weighted by molar-refractivity contribution is -0.137. The summed E-state index contributed by atoms with van der Waals surface area (Å²) in [5, 5.41) is 17.3. The maximum absolute atomic E-state index is 11.9. The minimum Gasteiger partial charge on any atom is -0.481 e. The number of carbonyl (C=O) groups excluding carboxylic acids is 2. The van der Waals surface area contributed by atoms with Gasteiger partial charge in [-0.05, 0) is 42.5 Å². The Kier molecular flexibility index (Phi) is 7.69. The number of hydrogen-bond donors (Lipinski definition) is 3. The Labute approximate surface area is 161 Å². The Balaban J connectivity index is 1.83. The van der Waals surface area contributed by atoms with Crippen LogP contribution in [-0.4, -0.2) is 28.6 Å². The minimum absolute atomic E-state index is 0.0276. The molecule has 0 aliphatic carbocycles. The Hall–Kier alpha value is -3.00. The quantitative estimate of drug-likeness (QED) is 0.454. The van der Waals surface area contributed by atoms with Crippen LogP contribution in [0.15, 0.2) is 46.9 Å². The van der Waals surface area contributed by atoms with Crippen molar-refractivity contribution >= 4 is 40.5 Å². The average Bonchev–Trinajstić information content (AvgIpc) is 3.13. The number of hydrogen-bond acceptors (Lipinski definition) is 5. The summed E-state index contributed by atoms with van der Waals surface area (Å²) in [6.45, 7) is 1.78. The smallest absolute Gasteiger partial charge is 0.303 e. The van der Waals surface area contributed by atoms with Gasteiger partial charge in [-0.15, -0.1) is 11.3 Å². The van der Waals surface area contributed by atoms with Crippen molar-refractivity contribution in [3.63, 3.8) is 0 Å². The number of carbonyl (C=O) groups is 3. The molecule has 1 aromatic heterocycles. The minimum atomic E-state index is -0.913. The van der Waals surface area contributed by atoms with Gasteiger partial charge in [0.15, 0.2) is 0 Å². The maximum Gasteiger partial charge on any atom is 0.303 e. The van der Waals surface area contributed by atoms with Gasteiger partial charge in [0, 0.05) is 23.4 Å². The molecule has 0 unspecified atom stereocenters. The molecular formula is C19H21N3O4S. The number of hydrazone groups is 1. The number of aliphatic carboxylic acids is 1. The third-order valence-corrected chi connectivity index (χ3v) is 4.52. The SMILES string of the molecule is C/C(=N/NC(=O)Cc1cccs1)c1ccc(NC(=O)CCCC(=O)O)cc1. The highest BCUT2D eigenvalue weighted by atomic mass is 32.1. The first kappa shape index (κ1) is 20.3. The van der Waals surface area contributed by atoms with Gasteiger partial charge in [0.05, 0.1) is 12.1 Å². The van der Waals surface area contributed by atoms with Crippen molar-refractivity contribution in [1.82, 2.24) is 5.43 Å². The highest BCUT2D eigenvalue weighted by Crippen LogP contribution is 2.12. The number of thiophene rings is 1. The third-order valence-electron chi connectivity index (χ3n) is 3.64. The van der Waals surface area contributed by atoms with Crippen molar-refractivity contribution < 1.29 is 19.5 Å². The number of benzene rings is 1. The molecule has 0 radical (unpaired) electrons. The molecule has 142 valence electrons. The fraction of sp³-hybridized carbons (Fsp3) is 0.263. The molecule has 1 heterocycles. The monoisotopic (exact) mass is 387 g/mol. The molecule has 2 rings (SSSR count). The first-order valence-electron chi connectivity index (χ1n) is 8.41. The second kappa shape index (κ2) is 10.2. The highest BCUT2D eigenvalue weighted by Gasteiger charge is 2.06. The summed E-state index contributed by atoms with van der Waals surface area (Å²) >= 11 is 1.52. The van der Waals surface area contributed by atoms with Crippen LogP contribution in [0.4, 0.5) is 5.69 Å². The molecule has 8 heteroatoms. The van der Waals surface area contributed by atoms with Gasteiger partial charge in [-0.3, -0.25) is 14.4 Å². The fourth-order valence-corrected chi connectivity index (χ4v) is 2.94. The van der Waals surface area contributed by atoms with Crippen LogP contribution in [0.5, 0.6) is 0 Å². The van der Waals surface area contributed by atoms with E-state index in [-0.39, 0.29) is 24.7 Å². The van der Waals surface area contributed by atoms with E-state index in [2.05, 4.69) is 15.8 Å². The first-order valence-corrected chi connectivity index (χ1v) is 9.29. The summed E-state index contributed by atoms with van der Waals surface area (Å²) in [5.74, 6) is -1.32. The van der Waals surface area contributed by atoms with E-state index in [4.69, 9.17) is 5.11 Å². The molecule has 0 fully saturated rings. The largest absolute Gasteiger partial charge is 0.481 e. The zero-order chi connectivity index (χ0) is 19.6. The molecular weight excluding hydrogens is 366 g/mol. The predicted molar refractivity (Wildman–Crippen MR) is 105 cm³/mol. The highest BCUT2D eigenvalue weighted by molar-refractivity contribution is 7.10. The summed E-state index contributed by atoms with van der Waals surface area (Å²) < 4.78 is 0. The molecule has 0 spiro atoms. The van der Waals surface area contributed by atoms with E-state index >= 15 is 0 Å². The van der Waals surface area contributed by atoms with Gasteiger partial charge in [0.2, 0.25) is 11.8 Å². The van der Waals surface area contributed by atoms with Gasteiger partial charge in [-0.1, -0.05) is 18.2 Å². The Morgan fingerprint density at radius 3 is 2.44 bits per heavy atom. The standard InChI is InChI=1S/C19H21N3O4S/c1-13(21-22-18(24)12-16-4-3-11-27-16)14-7-9-15(10-8-14)20-17(23)5-2-6-19(25)26/h3-4,7-11H,2,5-6,12H2,1H3,(H,20,23)(H,22,24)(H,25,26)/b21-13-. The average molecular weight is 387 g/mol. The molecule has 0 bridgehead atoms. The van der Waals surface area contributed by atoms with Gasteiger partial charge in [-0.2, -0.15) is 5.10 Å². The molecule has 7 nitrogen and oxygen atoms in total. The second-order valence-electron chi connectivity index (χ2n) is 5.86. The van der Waals surface area contributed by atoms with Crippen LogP contribution in [0.25, 0.3) is 0 Å². The number of carboxylic acid groups (broad SMARTS) is 1. The van der Waals surface area contributed by atoms with Crippen LogP contribution in [0.1, 0.15) is 36.6 Å². The maximum atomic E-state index is 11.9. The van der Waals surface area contributed by atoms with Crippen molar-refractivity contribution in [3.05, 3.63) is 52.2 Å². The molecule has 0 saturated carbocycles. The lowest BCUT2D eigenvalue weighted by Crippen LogP contribution is -2.20. The summed E-state index contributed by atoms with van der Waals surface area (Å²) in [7, 11) is 0. The molecule has 2 aromatic rings. The van der Waals surface area contributed by atoms with Crippen molar-refractivity contribution in [3.8, 4) is 0 Å². The first-order chi connectivity index (χ1) is 12.9. The number of rotatable bonds is 9. The molecule has 0 atom stereocenters. The summed E-state index contributed by atoms with van der Waals surface area (Å²) in [6.07, 6.45) is 0.725. The van der Waals surface area contributed by atoms with Crippen LogP contribution in [-0.2, 0) is 20.8 Å². The van der Waals surface area contributed by atoms with E-state index in [1.54, 1.807) is 31.2 Å². The number of nitrogens with one attached hydrogen (secondary N) is 2.